The molecule has 0 saturated heterocycles. The highest BCUT2D eigenvalue weighted by Crippen LogP contribution is 2.26. The Labute approximate surface area is 127 Å². The van der Waals surface area contributed by atoms with Gasteiger partial charge in [-0.05, 0) is 29.9 Å². The molecule has 1 aromatic heterocycles. The summed E-state index contributed by atoms with van der Waals surface area (Å²) in [5.74, 6) is 0.715. The molecule has 2 rings (SSSR count). The van der Waals surface area contributed by atoms with Crippen molar-refractivity contribution < 1.29 is 4.79 Å². The second-order valence-corrected chi connectivity index (χ2v) is 7.28. The Morgan fingerprint density at radius 1 is 1.14 bits per heavy atom. The molecule has 1 atom stereocenters. The first-order valence-corrected chi connectivity index (χ1v) is 7.70. The zero-order valence-corrected chi connectivity index (χ0v) is 13.5. The van der Waals surface area contributed by atoms with Crippen LogP contribution in [-0.4, -0.2) is 10.8 Å². The Morgan fingerprint density at radius 2 is 1.86 bits per heavy atom. The normalized spacial score (nSPS) is 13.3. The molecule has 112 valence electrons. The zero-order chi connectivity index (χ0) is 15.5. The van der Waals surface area contributed by atoms with Crippen molar-refractivity contribution >= 4 is 16.7 Å². The van der Waals surface area contributed by atoms with E-state index in [1.54, 1.807) is 0 Å². The van der Waals surface area contributed by atoms with Crippen molar-refractivity contribution in [2.75, 3.05) is 0 Å². The summed E-state index contributed by atoms with van der Waals surface area (Å²) in [6, 6.07) is 12.0. The fraction of sp³-hybridized carbons (Fsp3) is 0.474. The second kappa shape index (κ2) is 6.38. The van der Waals surface area contributed by atoms with Gasteiger partial charge in [0.15, 0.2) is 0 Å². The lowest BCUT2D eigenvalue weighted by molar-refractivity contribution is -0.119. The van der Waals surface area contributed by atoms with E-state index in [0.717, 1.165) is 23.0 Å². The predicted molar refractivity (Wildman–Crippen MR) is 88.3 cm³/mol. The molecule has 0 saturated carbocycles. The van der Waals surface area contributed by atoms with Gasteiger partial charge in [-0.1, -0.05) is 52.0 Å². The van der Waals surface area contributed by atoms with E-state index in [2.05, 4.69) is 32.7 Å². The first-order chi connectivity index (χ1) is 9.83. The molecular formula is C19H25NO. The molecule has 0 bridgehead atoms. The third-order valence-corrected chi connectivity index (χ3v) is 3.57. The molecule has 0 aliphatic carbocycles. The number of Topliss-reactive ketones (excluding diaryl/α,β-unsaturated/α-hetero) is 1. The van der Waals surface area contributed by atoms with E-state index in [4.69, 9.17) is 0 Å². The average Bonchev–Trinajstić information content (AvgIpc) is 2.35. The number of ketones is 1. The summed E-state index contributed by atoms with van der Waals surface area (Å²) >= 11 is 0. The Hall–Kier alpha value is -1.70. The van der Waals surface area contributed by atoms with E-state index in [9.17, 15) is 4.79 Å². The Balaban J connectivity index is 1.98. The van der Waals surface area contributed by atoms with Crippen LogP contribution in [0.1, 0.15) is 46.2 Å². The number of rotatable bonds is 5. The number of hydrogen-bond donors (Lipinski definition) is 0. The Morgan fingerprint density at radius 3 is 2.57 bits per heavy atom. The molecule has 0 N–H and O–H groups in total. The minimum Gasteiger partial charge on any atom is -0.299 e. The minimum atomic E-state index is 0.279. The molecule has 0 fully saturated rings. The van der Waals surface area contributed by atoms with Crippen LogP contribution in [-0.2, 0) is 11.2 Å². The van der Waals surface area contributed by atoms with E-state index in [1.807, 2.05) is 36.4 Å². The maximum atomic E-state index is 12.2. The molecule has 2 aromatic rings. The molecule has 1 unspecified atom stereocenters. The summed E-state index contributed by atoms with van der Waals surface area (Å²) in [6.07, 6.45) is 2.16. The van der Waals surface area contributed by atoms with Gasteiger partial charge in [-0.25, -0.2) is 0 Å². The third-order valence-electron chi connectivity index (χ3n) is 3.57. The SMILES string of the molecule is CC(CC(=O)Cc1ccc2ccccc2n1)CC(C)(C)C. The van der Waals surface area contributed by atoms with Gasteiger partial charge in [-0.2, -0.15) is 0 Å². The van der Waals surface area contributed by atoms with E-state index in [-0.39, 0.29) is 11.2 Å². The standard InChI is InChI=1S/C19H25NO/c1-14(13-19(2,3)4)11-17(21)12-16-10-9-15-7-5-6-8-18(15)20-16/h5-10,14H,11-13H2,1-4H3. The van der Waals surface area contributed by atoms with Crippen LogP contribution in [0.15, 0.2) is 36.4 Å². The minimum absolute atomic E-state index is 0.279. The average molecular weight is 283 g/mol. The van der Waals surface area contributed by atoms with Crippen molar-refractivity contribution in [3.63, 3.8) is 0 Å². The smallest absolute Gasteiger partial charge is 0.139 e. The van der Waals surface area contributed by atoms with Crippen LogP contribution in [0.5, 0.6) is 0 Å². The fourth-order valence-corrected chi connectivity index (χ4v) is 2.99. The van der Waals surface area contributed by atoms with Gasteiger partial charge >= 0.3 is 0 Å². The topological polar surface area (TPSA) is 30.0 Å². The van der Waals surface area contributed by atoms with Crippen molar-refractivity contribution in [1.82, 2.24) is 4.98 Å². The summed E-state index contributed by atoms with van der Waals surface area (Å²) < 4.78 is 0. The number of benzene rings is 1. The molecule has 2 heteroatoms. The van der Waals surface area contributed by atoms with Crippen LogP contribution < -0.4 is 0 Å². The lowest BCUT2D eigenvalue weighted by Gasteiger charge is -2.22. The number of pyridine rings is 1. The summed E-state index contributed by atoms with van der Waals surface area (Å²) in [5, 5.41) is 1.12. The number of fused-ring (bicyclic) bond motifs is 1. The van der Waals surface area contributed by atoms with Gasteiger partial charge < -0.3 is 0 Å². The van der Waals surface area contributed by atoms with Crippen LogP contribution >= 0.6 is 0 Å². The molecule has 1 heterocycles. The molecule has 0 aliphatic heterocycles. The molecule has 0 radical (unpaired) electrons. The van der Waals surface area contributed by atoms with Crippen molar-refractivity contribution in [3.8, 4) is 0 Å². The highest BCUT2D eigenvalue weighted by atomic mass is 16.1. The van der Waals surface area contributed by atoms with Crippen molar-refractivity contribution in [2.45, 2.75) is 47.0 Å². The number of hydrogen-bond acceptors (Lipinski definition) is 2. The lowest BCUT2D eigenvalue weighted by atomic mass is 9.83. The summed E-state index contributed by atoms with van der Waals surface area (Å²) in [6.45, 7) is 8.83. The first kappa shape index (κ1) is 15.7. The monoisotopic (exact) mass is 283 g/mol. The number of carbonyl (C=O) groups excluding carboxylic acids is 1. The molecular weight excluding hydrogens is 258 g/mol. The Kier molecular flexibility index (Phi) is 4.76. The van der Waals surface area contributed by atoms with Crippen LogP contribution in [0.3, 0.4) is 0 Å². The second-order valence-electron chi connectivity index (χ2n) is 7.28. The number of para-hydroxylation sites is 1. The van der Waals surface area contributed by atoms with Gasteiger partial charge in [0.1, 0.15) is 5.78 Å². The van der Waals surface area contributed by atoms with Crippen LogP contribution in [0.2, 0.25) is 0 Å². The van der Waals surface area contributed by atoms with Crippen molar-refractivity contribution in [2.24, 2.45) is 11.3 Å². The quantitative estimate of drug-likeness (QED) is 0.788. The fourth-order valence-electron chi connectivity index (χ4n) is 2.99. The Bertz CT molecular complexity index is 625. The van der Waals surface area contributed by atoms with Gasteiger partial charge in [0.05, 0.1) is 5.52 Å². The number of nitrogens with zero attached hydrogens (tertiary/aromatic N) is 1. The van der Waals surface area contributed by atoms with Gasteiger partial charge in [-0.15, -0.1) is 0 Å². The van der Waals surface area contributed by atoms with Gasteiger partial charge in [0.2, 0.25) is 0 Å². The first-order valence-electron chi connectivity index (χ1n) is 7.70. The third kappa shape index (κ3) is 4.96. The summed E-state index contributed by atoms with van der Waals surface area (Å²) in [5.41, 5.74) is 2.12. The molecule has 0 aliphatic rings. The molecule has 2 nitrogen and oxygen atoms in total. The van der Waals surface area contributed by atoms with Crippen molar-refractivity contribution in [1.29, 1.82) is 0 Å². The van der Waals surface area contributed by atoms with Crippen LogP contribution in [0, 0.1) is 11.3 Å². The zero-order valence-electron chi connectivity index (χ0n) is 13.5. The lowest BCUT2D eigenvalue weighted by Crippen LogP contribution is -2.15. The van der Waals surface area contributed by atoms with Crippen LogP contribution in [0.25, 0.3) is 10.9 Å². The van der Waals surface area contributed by atoms with Crippen molar-refractivity contribution in [3.05, 3.63) is 42.1 Å². The maximum absolute atomic E-state index is 12.2. The highest BCUT2D eigenvalue weighted by molar-refractivity contribution is 5.82. The maximum Gasteiger partial charge on any atom is 0.139 e. The molecule has 21 heavy (non-hydrogen) atoms. The van der Waals surface area contributed by atoms with E-state index in [1.165, 1.54) is 0 Å². The number of carbonyl (C=O) groups is 1. The molecule has 0 amide bonds. The summed E-state index contributed by atoms with van der Waals surface area (Å²) in [7, 11) is 0. The molecule has 1 aromatic carbocycles. The van der Waals surface area contributed by atoms with Gasteiger partial charge in [0.25, 0.3) is 0 Å². The largest absolute Gasteiger partial charge is 0.299 e. The predicted octanol–water partition coefficient (Wildman–Crippen LogP) is 4.81. The van der Waals surface area contributed by atoms with E-state index >= 15 is 0 Å². The van der Waals surface area contributed by atoms with Crippen LogP contribution in [0.4, 0.5) is 0 Å². The van der Waals surface area contributed by atoms with Gasteiger partial charge in [-0.3, -0.25) is 9.78 Å². The molecule has 0 spiro atoms. The van der Waals surface area contributed by atoms with E-state index < -0.39 is 0 Å². The number of aromatic nitrogens is 1. The van der Waals surface area contributed by atoms with Gasteiger partial charge in [0, 0.05) is 23.9 Å². The van der Waals surface area contributed by atoms with E-state index in [0.29, 0.717) is 18.8 Å². The summed E-state index contributed by atoms with van der Waals surface area (Å²) in [4.78, 5) is 16.8. The highest BCUT2D eigenvalue weighted by Gasteiger charge is 2.18.